The molecule has 0 aliphatic carbocycles. The first-order chi connectivity index (χ1) is 6.65. The van der Waals surface area contributed by atoms with Crippen molar-refractivity contribution in [3.63, 3.8) is 0 Å². The van der Waals surface area contributed by atoms with E-state index in [2.05, 4.69) is 0 Å². The van der Waals surface area contributed by atoms with E-state index in [4.69, 9.17) is 27.9 Å². The Morgan fingerprint density at radius 3 is 2.50 bits per heavy atom. The number of rotatable bonds is 4. The van der Waals surface area contributed by atoms with Crippen molar-refractivity contribution >= 4 is 29.5 Å². The second-order valence-electron chi connectivity index (χ2n) is 2.85. The summed E-state index contributed by atoms with van der Waals surface area (Å²) in [4.78, 5) is 10.3. The molecule has 0 amide bonds. The lowest BCUT2D eigenvalue weighted by Gasteiger charge is -2.09. The first-order valence-corrected chi connectivity index (χ1v) is 4.90. The summed E-state index contributed by atoms with van der Waals surface area (Å²) in [6.45, 7) is 1.91. The van der Waals surface area contributed by atoms with Gasteiger partial charge in [0, 0.05) is 15.6 Å². The van der Waals surface area contributed by atoms with E-state index in [1.54, 1.807) is 25.1 Å². The molecule has 76 valence electrons. The Morgan fingerprint density at radius 2 is 2.00 bits per heavy atom. The molecule has 1 aromatic rings. The molecule has 4 heteroatoms. The predicted molar refractivity (Wildman–Crippen MR) is 56.8 cm³/mol. The van der Waals surface area contributed by atoms with Gasteiger partial charge in [-0.2, -0.15) is 0 Å². The van der Waals surface area contributed by atoms with Gasteiger partial charge in [-0.05, 0) is 19.1 Å². The molecular weight excluding hydrogens is 223 g/mol. The maximum absolute atomic E-state index is 10.3. The minimum atomic E-state index is -0.442. The van der Waals surface area contributed by atoms with Crippen molar-refractivity contribution in [3.05, 3.63) is 33.8 Å². The SMILES string of the molecule is C[C@@H](C=O)OCc1c(Cl)cccc1Cl. The van der Waals surface area contributed by atoms with Crippen LogP contribution in [0.2, 0.25) is 10.0 Å². The lowest BCUT2D eigenvalue weighted by molar-refractivity contribution is -0.117. The second-order valence-corrected chi connectivity index (χ2v) is 3.67. The van der Waals surface area contributed by atoms with Crippen LogP contribution in [0, 0.1) is 0 Å². The summed E-state index contributed by atoms with van der Waals surface area (Å²) in [7, 11) is 0. The third kappa shape index (κ3) is 2.98. The number of carbonyl (C=O) groups excluding carboxylic acids is 1. The van der Waals surface area contributed by atoms with Crippen LogP contribution in [-0.4, -0.2) is 12.4 Å². The molecule has 1 rings (SSSR count). The maximum Gasteiger partial charge on any atom is 0.148 e. The Morgan fingerprint density at radius 1 is 1.43 bits per heavy atom. The van der Waals surface area contributed by atoms with Crippen molar-refractivity contribution in [1.29, 1.82) is 0 Å². The molecule has 0 heterocycles. The normalized spacial score (nSPS) is 12.5. The molecule has 0 aliphatic rings. The minimum absolute atomic E-state index is 0.248. The topological polar surface area (TPSA) is 26.3 Å². The van der Waals surface area contributed by atoms with Gasteiger partial charge in [-0.15, -0.1) is 0 Å². The maximum atomic E-state index is 10.3. The Balaban J connectivity index is 2.71. The zero-order valence-electron chi connectivity index (χ0n) is 7.67. The molecule has 0 N–H and O–H groups in total. The largest absolute Gasteiger partial charge is 0.366 e. The van der Waals surface area contributed by atoms with Gasteiger partial charge in [-0.1, -0.05) is 29.3 Å². The molecule has 0 radical (unpaired) electrons. The Bertz CT molecular complexity index is 306. The molecule has 1 aromatic carbocycles. The van der Waals surface area contributed by atoms with E-state index < -0.39 is 6.10 Å². The van der Waals surface area contributed by atoms with Crippen LogP contribution in [0.15, 0.2) is 18.2 Å². The van der Waals surface area contributed by atoms with Gasteiger partial charge >= 0.3 is 0 Å². The van der Waals surface area contributed by atoms with Gasteiger partial charge in [0.05, 0.1) is 6.61 Å². The second kappa shape index (κ2) is 5.35. The molecule has 0 spiro atoms. The third-order valence-corrected chi connectivity index (χ3v) is 2.45. The van der Waals surface area contributed by atoms with Crippen LogP contribution in [0.1, 0.15) is 12.5 Å². The summed E-state index contributed by atoms with van der Waals surface area (Å²) < 4.78 is 5.20. The van der Waals surface area contributed by atoms with Crippen molar-refractivity contribution < 1.29 is 9.53 Å². The zero-order valence-corrected chi connectivity index (χ0v) is 9.18. The van der Waals surface area contributed by atoms with Crippen LogP contribution in [0.4, 0.5) is 0 Å². The van der Waals surface area contributed by atoms with Crippen molar-refractivity contribution in [2.75, 3.05) is 0 Å². The van der Waals surface area contributed by atoms with E-state index in [1.165, 1.54) is 0 Å². The number of halogens is 2. The van der Waals surface area contributed by atoms with Gasteiger partial charge in [0.15, 0.2) is 0 Å². The molecule has 0 aromatic heterocycles. The third-order valence-electron chi connectivity index (χ3n) is 1.74. The number of hydrogen-bond donors (Lipinski definition) is 0. The Labute approximate surface area is 92.8 Å². The van der Waals surface area contributed by atoms with Crippen molar-refractivity contribution in [2.45, 2.75) is 19.6 Å². The van der Waals surface area contributed by atoms with Gasteiger partial charge in [0.2, 0.25) is 0 Å². The average Bonchev–Trinajstić information content (AvgIpc) is 2.16. The van der Waals surface area contributed by atoms with Crippen molar-refractivity contribution in [3.8, 4) is 0 Å². The van der Waals surface area contributed by atoms with Crippen LogP contribution in [0.3, 0.4) is 0 Å². The number of carbonyl (C=O) groups is 1. The summed E-state index contributed by atoms with van der Waals surface area (Å²) in [5, 5.41) is 1.10. The summed E-state index contributed by atoms with van der Waals surface area (Å²) in [6.07, 6.45) is 0.285. The van der Waals surface area contributed by atoms with Crippen LogP contribution in [0.5, 0.6) is 0 Å². The summed E-state index contributed by atoms with van der Waals surface area (Å²) >= 11 is 11.8. The number of benzene rings is 1. The van der Waals surface area contributed by atoms with Gasteiger partial charge in [0.25, 0.3) is 0 Å². The highest BCUT2D eigenvalue weighted by molar-refractivity contribution is 6.35. The van der Waals surface area contributed by atoms with E-state index >= 15 is 0 Å². The van der Waals surface area contributed by atoms with E-state index in [0.717, 1.165) is 6.29 Å². The fourth-order valence-electron chi connectivity index (χ4n) is 0.924. The van der Waals surface area contributed by atoms with Crippen molar-refractivity contribution in [1.82, 2.24) is 0 Å². The highest BCUT2D eigenvalue weighted by atomic mass is 35.5. The average molecular weight is 233 g/mol. The lowest BCUT2D eigenvalue weighted by Crippen LogP contribution is -2.09. The zero-order chi connectivity index (χ0) is 10.6. The minimum Gasteiger partial charge on any atom is -0.366 e. The summed E-state index contributed by atoms with van der Waals surface area (Å²) in [5.74, 6) is 0. The molecule has 1 atom stereocenters. The number of aldehydes is 1. The molecule has 0 fully saturated rings. The van der Waals surface area contributed by atoms with Crippen LogP contribution in [0.25, 0.3) is 0 Å². The van der Waals surface area contributed by atoms with E-state index in [-0.39, 0.29) is 6.61 Å². The molecule has 0 aliphatic heterocycles. The first kappa shape index (κ1) is 11.5. The molecule has 2 nitrogen and oxygen atoms in total. The molecule has 0 unspecified atom stereocenters. The van der Waals surface area contributed by atoms with Crippen LogP contribution >= 0.6 is 23.2 Å². The lowest BCUT2D eigenvalue weighted by atomic mass is 10.2. The van der Waals surface area contributed by atoms with E-state index in [9.17, 15) is 4.79 Å². The Kier molecular flexibility index (Phi) is 4.39. The predicted octanol–water partition coefficient (Wildman–Crippen LogP) is 3.10. The number of hydrogen-bond acceptors (Lipinski definition) is 2. The molecule has 14 heavy (non-hydrogen) atoms. The fourth-order valence-corrected chi connectivity index (χ4v) is 1.43. The summed E-state index contributed by atoms with van der Waals surface area (Å²) in [5.41, 5.74) is 0.713. The van der Waals surface area contributed by atoms with Gasteiger partial charge in [-0.25, -0.2) is 0 Å². The van der Waals surface area contributed by atoms with E-state index in [1.807, 2.05) is 0 Å². The van der Waals surface area contributed by atoms with Gasteiger partial charge in [0.1, 0.15) is 12.4 Å². The number of ether oxygens (including phenoxy) is 1. The monoisotopic (exact) mass is 232 g/mol. The van der Waals surface area contributed by atoms with Gasteiger partial charge in [-0.3, -0.25) is 0 Å². The van der Waals surface area contributed by atoms with Crippen LogP contribution < -0.4 is 0 Å². The highest BCUT2D eigenvalue weighted by Crippen LogP contribution is 2.25. The molecule has 0 saturated carbocycles. The fraction of sp³-hybridized carbons (Fsp3) is 0.300. The Hall–Kier alpha value is -0.570. The van der Waals surface area contributed by atoms with Crippen molar-refractivity contribution in [2.24, 2.45) is 0 Å². The van der Waals surface area contributed by atoms with Crippen LogP contribution in [-0.2, 0) is 16.1 Å². The molecule has 0 saturated heterocycles. The quantitative estimate of drug-likeness (QED) is 0.747. The van der Waals surface area contributed by atoms with E-state index in [0.29, 0.717) is 15.6 Å². The smallest absolute Gasteiger partial charge is 0.148 e. The van der Waals surface area contributed by atoms with Gasteiger partial charge < -0.3 is 9.53 Å². The molecular formula is C10H10Cl2O2. The first-order valence-electron chi connectivity index (χ1n) is 4.15. The highest BCUT2D eigenvalue weighted by Gasteiger charge is 2.07. The summed E-state index contributed by atoms with van der Waals surface area (Å²) in [6, 6.07) is 5.23. The standard InChI is InChI=1S/C10H10Cl2O2/c1-7(5-13)14-6-8-9(11)3-2-4-10(8)12/h2-5,7H,6H2,1H3/t7-/m0/s1. The molecule has 0 bridgehead atoms.